The van der Waals surface area contributed by atoms with E-state index in [9.17, 15) is 0 Å². The van der Waals surface area contributed by atoms with E-state index in [1.165, 1.54) is 44.1 Å². The quantitative estimate of drug-likeness (QED) is 0.263. The maximum absolute atomic E-state index is 6.21. The van der Waals surface area contributed by atoms with Gasteiger partial charge in [0.1, 0.15) is 5.75 Å². The third-order valence-corrected chi connectivity index (χ3v) is 5.46. The van der Waals surface area contributed by atoms with E-state index in [0.29, 0.717) is 6.61 Å². The lowest BCUT2D eigenvalue weighted by molar-refractivity contribution is 0.309. The molecule has 2 aromatic rings. The minimum atomic E-state index is 0.177. The summed E-state index contributed by atoms with van der Waals surface area (Å²) in [7, 11) is 0. The number of aryl methyl sites for hydroxylation is 1. The van der Waals surface area contributed by atoms with E-state index in [-0.39, 0.29) is 5.38 Å². The number of benzene rings is 1. The molecule has 1 aromatic heterocycles. The standard InChI is InChI=1S/C24H34ClNO/c1-3-5-6-7-8-9-12-20-15-17-26-23(19-20)22-13-10-11-14-24(22)27-18-16-21(25)4-2/h10-11,13-15,17,19,21H,3-9,12,16,18H2,1-2H3. The summed E-state index contributed by atoms with van der Waals surface area (Å²) in [4.78, 5) is 4.59. The molecule has 0 N–H and O–H groups in total. The van der Waals surface area contributed by atoms with Gasteiger partial charge in [-0.15, -0.1) is 11.6 Å². The zero-order valence-electron chi connectivity index (χ0n) is 16.9. The predicted molar refractivity (Wildman–Crippen MR) is 117 cm³/mol. The largest absolute Gasteiger partial charge is 0.493 e. The Morgan fingerprint density at radius 2 is 1.78 bits per heavy atom. The highest BCUT2D eigenvalue weighted by atomic mass is 35.5. The van der Waals surface area contributed by atoms with Gasteiger partial charge >= 0.3 is 0 Å². The highest BCUT2D eigenvalue weighted by Crippen LogP contribution is 2.29. The number of aromatic nitrogens is 1. The van der Waals surface area contributed by atoms with E-state index in [4.69, 9.17) is 16.3 Å². The number of halogens is 1. The Bertz CT molecular complexity index is 658. The number of hydrogen-bond acceptors (Lipinski definition) is 2. The zero-order valence-corrected chi connectivity index (χ0v) is 17.7. The molecule has 0 radical (unpaired) electrons. The minimum Gasteiger partial charge on any atom is -0.493 e. The van der Waals surface area contributed by atoms with E-state index >= 15 is 0 Å². The molecule has 27 heavy (non-hydrogen) atoms. The highest BCUT2D eigenvalue weighted by Gasteiger charge is 2.09. The van der Waals surface area contributed by atoms with Gasteiger partial charge in [-0.25, -0.2) is 0 Å². The first-order valence-corrected chi connectivity index (χ1v) is 11.0. The molecular formula is C24H34ClNO. The van der Waals surface area contributed by atoms with Gasteiger partial charge in [0.25, 0.3) is 0 Å². The molecule has 0 aliphatic rings. The Labute approximate surface area is 170 Å². The Morgan fingerprint density at radius 3 is 2.59 bits per heavy atom. The molecule has 148 valence electrons. The lowest BCUT2D eigenvalue weighted by Gasteiger charge is -2.13. The van der Waals surface area contributed by atoms with Crippen LogP contribution in [0.4, 0.5) is 0 Å². The molecule has 2 nitrogen and oxygen atoms in total. The average molecular weight is 388 g/mol. The lowest BCUT2D eigenvalue weighted by Crippen LogP contribution is -2.06. The van der Waals surface area contributed by atoms with Gasteiger partial charge in [0, 0.05) is 17.1 Å². The maximum Gasteiger partial charge on any atom is 0.128 e. The van der Waals surface area contributed by atoms with Crippen LogP contribution in [0.25, 0.3) is 11.3 Å². The molecule has 0 aliphatic carbocycles. The van der Waals surface area contributed by atoms with Crippen molar-refractivity contribution in [1.29, 1.82) is 0 Å². The minimum absolute atomic E-state index is 0.177. The van der Waals surface area contributed by atoms with Crippen molar-refractivity contribution >= 4 is 11.6 Å². The van der Waals surface area contributed by atoms with E-state index in [0.717, 1.165) is 36.3 Å². The van der Waals surface area contributed by atoms with Gasteiger partial charge in [0.05, 0.1) is 12.3 Å². The second-order valence-electron chi connectivity index (χ2n) is 7.21. The Hall–Kier alpha value is -1.54. The summed E-state index contributed by atoms with van der Waals surface area (Å²) in [6.07, 6.45) is 12.8. The van der Waals surface area contributed by atoms with E-state index in [2.05, 4.69) is 37.0 Å². The number of ether oxygens (including phenoxy) is 1. The molecule has 0 aliphatic heterocycles. The number of hydrogen-bond donors (Lipinski definition) is 0. The van der Waals surface area contributed by atoms with Gasteiger partial charge < -0.3 is 4.74 Å². The summed E-state index contributed by atoms with van der Waals surface area (Å²) >= 11 is 6.21. The number of alkyl halides is 1. The second kappa shape index (κ2) is 12.8. The van der Waals surface area contributed by atoms with Crippen molar-refractivity contribution in [3.05, 3.63) is 48.2 Å². The molecule has 0 saturated carbocycles. The van der Waals surface area contributed by atoms with Crippen LogP contribution in [0.3, 0.4) is 0 Å². The fourth-order valence-electron chi connectivity index (χ4n) is 3.19. The fraction of sp³-hybridized carbons (Fsp3) is 0.542. The normalized spacial score (nSPS) is 12.1. The predicted octanol–water partition coefficient (Wildman–Crippen LogP) is 7.44. The molecule has 1 atom stereocenters. The van der Waals surface area contributed by atoms with Crippen molar-refractivity contribution in [2.24, 2.45) is 0 Å². The van der Waals surface area contributed by atoms with Crippen LogP contribution in [0.5, 0.6) is 5.75 Å². The Kier molecular flexibility index (Phi) is 10.3. The molecular weight excluding hydrogens is 354 g/mol. The SMILES string of the molecule is CCCCCCCCc1ccnc(-c2ccccc2OCCC(Cl)CC)c1. The average Bonchev–Trinajstić information content (AvgIpc) is 2.71. The number of unbranched alkanes of at least 4 members (excludes halogenated alkanes) is 5. The second-order valence-corrected chi connectivity index (χ2v) is 7.82. The van der Waals surface area contributed by atoms with Crippen molar-refractivity contribution in [2.45, 2.75) is 77.0 Å². The van der Waals surface area contributed by atoms with Gasteiger partial charge in [-0.05, 0) is 55.5 Å². The molecule has 0 bridgehead atoms. The Morgan fingerprint density at radius 1 is 1.00 bits per heavy atom. The molecule has 0 spiro atoms. The van der Waals surface area contributed by atoms with Crippen molar-refractivity contribution in [3.8, 4) is 17.0 Å². The summed E-state index contributed by atoms with van der Waals surface area (Å²) in [5.41, 5.74) is 3.41. The van der Waals surface area contributed by atoms with Gasteiger partial charge in [-0.2, -0.15) is 0 Å². The molecule has 1 aromatic carbocycles. The van der Waals surface area contributed by atoms with Crippen LogP contribution in [0.2, 0.25) is 0 Å². The zero-order chi connectivity index (χ0) is 19.3. The Balaban J connectivity index is 1.95. The molecule has 1 unspecified atom stereocenters. The number of pyridine rings is 1. The summed E-state index contributed by atoms with van der Waals surface area (Å²) in [5, 5.41) is 0.177. The summed E-state index contributed by atoms with van der Waals surface area (Å²) in [5.74, 6) is 0.890. The van der Waals surface area contributed by atoms with Gasteiger partial charge in [-0.3, -0.25) is 4.98 Å². The molecule has 0 amide bonds. The van der Waals surface area contributed by atoms with Crippen LogP contribution in [0.15, 0.2) is 42.6 Å². The third kappa shape index (κ3) is 7.92. The highest BCUT2D eigenvalue weighted by molar-refractivity contribution is 6.20. The first-order valence-electron chi connectivity index (χ1n) is 10.6. The van der Waals surface area contributed by atoms with Crippen LogP contribution in [-0.2, 0) is 6.42 Å². The number of nitrogens with zero attached hydrogens (tertiary/aromatic N) is 1. The van der Waals surface area contributed by atoms with E-state index < -0.39 is 0 Å². The monoisotopic (exact) mass is 387 g/mol. The van der Waals surface area contributed by atoms with Crippen molar-refractivity contribution in [2.75, 3.05) is 6.61 Å². The van der Waals surface area contributed by atoms with Crippen LogP contribution in [0, 0.1) is 0 Å². The third-order valence-electron chi connectivity index (χ3n) is 4.94. The smallest absolute Gasteiger partial charge is 0.128 e. The van der Waals surface area contributed by atoms with Crippen LogP contribution >= 0.6 is 11.6 Å². The van der Waals surface area contributed by atoms with Crippen molar-refractivity contribution in [3.63, 3.8) is 0 Å². The summed E-state index contributed by atoms with van der Waals surface area (Å²) < 4.78 is 6.02. The summed E-state index contributed by atoms with van der Waals surface area (Å²) in [6, 6.07) is 12.5. The molecule has 1 heterocycles. The van der Waals surface area contributed by atoms with Gasteiger partial charge in [-0.1, -0.05) is 58.1 Å². The number of rotatable bonds is 13. The molecule has 2 rings (SSSR count). The fourth-order valence-corrected chi connectivity index (χ4v) is 3.28. The van der Waals surface area contributed by atoms with E-state index in [1.807, 2.05) is 24.4 Å². The van der Waals surface area contributed by atoms with Gasteiger partial charge in [0.2, 0.25) is 0 Å². The lowest BCUT2D eigenvalue weighted by atomic mass is 10.0. The van der Waals surface area contributed by atoms with E-state index in [1.54, 1.807) is 0 Å². The van der Waals surface area contributed by atoms with Crippen LogP contribution in [0.1, 0.15) is 70.8 Å². The first kappa shape index (κ1) is 21.8. The maximum atomic E-state index is 6.21. The number of para-hydroxylation sites is 1. The van der Waals surface area contributed by atoms with Crippen molar-refractivity contribution < 1.29 is 4.74 Å². The molecule has 0 saturated heterocycles. The molecule has 3 heteroatoms. The molecule has 0 fully saturated rings. The van der Waals surface area contributed by atoms with Gasteiger partial charge in [0.15, 0.2) is 0 Å². The topological polar surface area (TPSA) is 22.1 Å². The summed E-state index contributed by atoms with van der Waals surface area (Å²) in [6.45, 7) is 5.00. The van der Waals surface area contributed by atoms with Crippen LogP contribution < -0.4 is 4.74 Å². The first-order chi connectivity index (χ1) is 13.2. The van der Waals surface area contributed by atoms with Crippen LogP contribution in [-0.4, -0.2) is 17.0 Å². The van der Waals surface area contributed by atoms with Crippen molar-refractivity contribution in [1.82, 2.24) is 4.98 Å².